The molecule has 0 aromatic heterocycles. The average molecular weight is 607 g/mol. The van der Waals surface area contributed by atoms with E-state index in [1.165, 1.54) is 10.5 Å². The van der Waals surface area contributed by atoms with Gasteiger partial charge in [0.05, 0.1) is 6.54 Å². The van der Waals surface area contributed by atoms with Crippen LogP contribution in [0.2, 0.25) is 0 Å². The van der Waals surface area contributed by atoms with Crippen molar-refractivity contribution in [2.24, 2.45) is 5.73 Å². The summed E-state index contributed by atoms with van der Waals surface area (Å²) in [5, 5.41) is 0. The Morgan fingerprint density at radius 1 is 0.955 bits per heavy atom. The van der Waals surface area contributed by atoms with Gasteiger partial charge in [0, 0.05) is 54.8 Å². The fourth-order valence-electron chi connectivity index (χ4n) is 6.09. The number of fused-ring (bicyclic) bond motifs is 1. The predicted octanol–water partition coefficient (Wildman–Crippen LogP) is 4.89. The number of ether oxygens (including phenoxy) is 2. The molecule has 2 aliphatic heterocycles. The van der Waals surface area contributed by atoms with Gasteiger partial charge in [-0.15, -0.1) is 0 Å². The molecule has 2 amide bonds. The average Bonchev–Trinajstić information content (AvgIpc) is 3.25. The van der Waals surface area contributed by atoms with Gasteiger partial charge >= 0.3 is 5.97 Å². The second-order valence-corrected chi connectivity index (χ2v) is 14.3. The zero-order valence-corrected chi connectivity index (χ0v) is 27.7. The van der Waals surface area contributed by atoms with Gasteiger partial charge in [-0.1, -0.05) is 30.3 Å². The van der Waals surface area contributed by atoms with Gasteiger partial charge in [-0.05, 0) is 85.1 Å². The highest BCUT2D eigenvalue weighted by Gasteiger charge is 2.40. The molecule has 0 spiro atoms. The number of nitrogens with two attached hydrogens (primary N) is 1. The summed E-state index contributed by atoms with van der Waals surface area (Å²) in [6.45, 7) is 20.3. The summed E-state index contributed by atoms with van der Waals surface area (Å²) in [5.74, 6) is -0.784. The van der Waals surface area contributed by atoms with Crippen LogP contribution in [0.5, 0.6) is 5.75 Å². The Hall–Kier alpha value is -3.43. The third-order valence-electron chi connectivity index (χ3n) is 8.50. The lowest BCUT2D eigenvalue weighted by Crippen LogP contribution is -2.60. The van der Waals surface area contributed by atoms with Crippen molar-refractivity contribution in [1.82, 2.24) is 14.7 Å². The van der Waals surface area contributed by atoms with E-state index in [0.717, 1.165) is 30.8 Å². The zero-order valence-electron chi connectivity index (χ0n) is 27.7. The van der Waals surface area contributed by atoms with E-state index in [0.29, 0.717) is 30.0 Å². The Kier molecular flexibility index (Phi) is 10.1. The minimum atomic E-state index is -0.927. The summed E-state index contributed by atoms with van der Waals surface area (Å²) in [4.78, 5) is 44.7. The van der Waals surface area contributed by atoms with Crippen LogP contribution in [0.15, 0.2) is 42.5 Å². The van der Waals surface area contributed by atoms with Gasteiger partial charge in [-0.3, -0.25) is 19.4 Å². The molecule has 1 fully saturated rings. The predicted molar refractivity (Wildman–Crippen MR) is 171 cm³/mol. The van der Waals surface area contributed by atoms with Crippen LogP contribution in [0, 0.1) is 0 Å². The number of carbonyl (C=O) groups excluding carboxylic acids is 3. The smallest absolute Gasteiger partial charge is 0.329 e. The topological polar surface area (TPSA) is 105 Å². The fourth-order valence-corrected chi connectivity index (χ4v) is 6.09. The van der Waals surface area contributed by atoms with Crippen LogP contribution in [0.1, 0.15) is 95.3 Å². The van der Waals surface area contributed by atoms with Gasteiger partial charge in [0.25, 0.3) is 5.91 Å². The Morgan fingerprint density at radius 2 is 1.57 bits per heavy atom. The minimum absolute atomic E-state index is 0.0334. The monoisotopic (exact) mass is 606 g/mol. The fraction of sp³-hybridized carbons (Fsp3) is 0.571. The number of esters is 1. The summed E-state index contributed by atoms with van der Waals surface area (Å²) in [7, 11) is 0. The SMILES string of the molecule is C[C@@H]1CN(C(C)(C)C)C[C@H](C)N1Cc1ccc(COc2cccc3c2CN(C(CCC(N)=O)C(=O)OC(C)(C)C)C3=O)cc1. The quantitative estimate of drug-likeness (QED) is 0.384. The van der Waals surface area contributed by atoms with E-state index in [1.54, 1.807) is 32.9 Å². The molecule has 0 saturated carbocycles. The van der Waals surface area contributed by atoms with Crippen molar-refractivity contribution in [2.75, 3.05) is 13.1 Å². The molecule has 2 aromatic carbocycles. The standard InChI is InChI=1S/C35H50N4O5/c1-23-18-37(34(3,4)5)19-24(2)38(23)20-25-12-14-26(15-13-25)22-43-30-11-9-10-27-28(30)21-39(32(27)41)29(16-17-31(36)40)33(42)44-35(6,7)8/h9-15,23-24,29H,16-22H2,1-8H3,(H2,36,40)/t23-,24+,29?. The molecule has 0 aliphatic carbocycles. The van der Waals surface area contributed by atoms with E-state index in [9.17, 15) is 14.4 Å². The van der Waals surface area contributed by atoms with Gasteiger partial charge in [-0.2, -0.15) is 0 Å². The van der Waals surface area contributed by atoms with Crippen molar-refractivity contribution < 1.29 is 23.9 Å². The van der Waals surface area contributed by atoms with Crippen LogP contribution >= 0.6 is 0 Å². The van der Waals surface area contributed by atoms with E-state index in [4.69, 9.17) is 15.2 Å². The van der Waals surface area contributed by atoms with Gasteiger partial charge in [0.2, 0.25) is 5.91 Å². The summed E-state index contributed by atoms with van der Waals surface area (Å²) in [5.41, 5.74) is 8.31. The van der Waals surface area contributed by atoms with Crippen molar-refractivity contribution in [1.29, 1.82) is 0 Å². The Balaban J connectivity index is 1.41. The van der Waals surface area contributed by atoms with Crippen molar-refractivity contribution in [2.45, 2.75) is 117 Å². The molecule has 2 N–H and O–H groups in total. The molecule has 0 radical (unpaired) electrons. The van der Waals surface area contributed by atoms with E-state index in [-0.39, 0.29) is 30.8 Å². The van der Waals surface area contributed by atoms with Crippen molar-refractivity contribution in [3.8, 4) is 5.75 Å². The summed E-state index contributed by atoms with van der Waals surface area (Å²) in [6, 6.07) is 13.9. The number of hydrogen-bond donors (Lipinski definition) is 1. The molecule has 240 valence electrons. The van der Waals surface area contributed by atoms with Gasteiger partial charge in [0.1, 0.15) is 24.0 Å². The largest absolute Gasteiger partial charge is 0.489 e. The van der Waals surface area contributed by atoms with Crippen molar-refractivity contribution >= 4 is 17.8 Å². The van der Waals surface area contributed by atoms with E-state index >= 15 is 0 Å². The molecule has 1 unspecified atom stereocenters. The van der Waals surface area contributed by atoms with Crippen molar-refractivity contribution in [3.05, 3.63) is 64.7 Å². The molecule has 2 aromatic rings. The van der Waals surface area contributed by atoms with E-state index in [2.05, 4.69) is 68.7 Å². The number of nitrogens with zero attached hydrogens (tertiary/aromatic N) is 3. The molecule has 4 rings (SSSR count). The van der Waals surface area contributed by atoms with E-state index < -0.39 is 23.5 Å². The molecule has 3 atom stereocenters. The molecule has 0 bridgehead atoms. The maximum absolute atomic E-state index is 13.4. The number of primary amides is 1. The maximum atomic E-state index is 13.4. The number of amides is 2. The first kappa shape index (κ1) is 33.5. The first-order valence-corrected chi connectivity index (χ1v) is 15.7. The highest BCUT2D eigenvalue weighted by atomic mass is 16.6. The van der Waals surface area contributed by atoms with Gasteiger partial charge in [0.15, 0.2) is 0 Å². The Labute approximate surface area is 262 Å². The molecule has 2 aliphatic rings. The second kappa shape index (κ2) is 13.3. The second-order valence-electron chi connectivity index (χ2n) is 14.3. The molecule has 44 heavy (non-hydrogen) atoms. The third-order valence-corrected chi connectivity index (χ3v) is 8.50. The highest BCUT2D eigenvalue weighted by molar-refractivity contribution is 6.01. The number of piperazine rings is 1. The number of hydrogen-bond acceptors (Lipinski definition) is 7. The molecule has 9 nitrogen and oxygen atoms in total. The minimum Gasteiger partial charge on any atom is -0.489 e. The normalized spacial score (nSPS) is 20.4. The van der Waals surface area contributed by atoms with Gasteiger partial charge < -0.3 is 20.1 Å². The lowest BCUT2D eigenvalue weighted by molar-refractivity contribution is -0.160. The van der Waals surface area contributed by atoms with Crippen LogP contribution in [-0.2, 0) is 34.0 Å². The summed E-state index contributed by atoms with van der Waals surface area (Å²) in [6.07, 6.45) is 0.0602. The third kappa shape index (κ3) is 8.18. The molecular weight excluding hydrogens is 556 g/mol. The zero-order chi connectivity index (χ0) is 32.4. The maximum Gasteiger partial charge on any atom is 0.329 e. The summed E-state index contributed by atoms with van der Waals surface area (Å²) >= 11 is 0. The number of benzene rings is 2. The van der Waals surface area contributed by atoms with Gasteiger partial charge in [-0.25, -0.2) is 4.79 Å². The van der Waals surface area contributed by atoms with E-state index in [1.807, 2.05) is 6.07 Å². The van der Waals surface area contributed by atoms with Crippen LogP contribution in [-0.4, -0.2) is 74.8 Å². The molecule has 1 saturated heterocycles. The van der Waals surface area contributed by atoms with Crippen LogP contribution in [0.25, 0.3) is 0 Å². The molecule has 9 heteroatoms. The first-order valence-electron chi connectivity index (χ1n) is 15.7. The van der Waals surface area contributed by atoms with Crippen LogP contribution in [0.4, 0.5) is 0 Å². The number of carbonyl (C=O) groups is 3. The lowest BCUT2D eigenvalue weighted by atomic mass is 9.98. The molecule has 2 heterocycles. The summed E-state index contributed by atoms with van der Waals surface area (Å²) < 4.78 is 11.8. The first-order chi connectivity index (χ1) is 20.5. The lowest BCUT2D eigenvalue weighted by Gasteiger charge is -2.49. The Bertz CT molecular complexity index is 1330. The number of rotatable bonds is 10. The highest BCUT2D eigenvalue weighted by Crippen LogP contribution is 2.34. The van der Waals surface area contributed by atoms with Crippen molar-refractivity contribution in [3.63, 3.8) is 0 Å². The van der Waals surface area contributed by atoms with Crippen LogP contribution in [0.3, 0.4) is 0 Å². The Morgan fingerprint density at radius 3 is 2.14 bits per heavy atom. The molecular formula is C35H50N4O5. The van der Waals surface area contributed by atoms with Crippen LogP contribution < -0.4 is 10.5 Å².